The minimum Gasteiger partial charge on any atom is -0.271 e. The van der Waals surface area contributed by atoms with Gasteiger partial charge < -0.3 is 0 Å². The summed E-state index contributed by atoms with van der Waals surface area (Å²) in [5.74, 6) is 6.19. The lowest BCUT2D eigenvalue weighted by atomic mass is 10.1. The molecule has 0 aromatic heterocycles. The van der Waals surface area contributed by atoms with Gasteiger partial charge in [0.25, 0.3) is 0 Å². The zero-order valence-electron chi connectivity index (χ0n) is 9.86. The van der Waals surface area contributed by atoms with Crippen molar-refractivity contribution in [1.29, 1.82) is 0 Å². The molecule has 1 saturated carbocycles. The fraction of sp³-hybridized carbons (Fsp3) is 0.538. The van der Waals surface area contributed by atoms with Crippen molar-refractivity contribution < 1.29 is 4.39 Å². The van der Waals surface area contributed by atoms with Gasteiger partial charge in [-0.3, -0.25) is 11.3 Å². The first-order valence-corrected chi connectivity index (χ1v) is 7.18. The van der Waals surface area contributed by atoms with Crippen LogP contribution in [0.15, 0.2) is 24.3 Å². The zero-order chi connectivity index (χ0) is 12.1. The minimum absolute atomic E-state index is 0.0956. The summed E-state index contributed by atoms with van der Waals surface area (Å²) in [5.41, 5.74) is 3.39. The Labute approximate surface area is 106 Å². The molecule has 0 aliphatic heterocycles. The van der Waals surface area contributed by atoms with Gasteiger partial charge in [0.1, 0.15) is 5.82 Å². The average Bonchev–Trinajstić information content (AvgIpc) is 2.85. The van der Waals surface area contributed by atoms with Crippen LogP contribution in [-0.4, -0.2) is 11.0 Å². The van der Waals surface area contributed by atoms with E-state index in [1.165, 1.54) is 31.7 Å². The molecule has 1 aliphatic rings. The van der Waals surface area contributed by atoms with Gasteiger partial charge in [-0.25, -0.2) is 4.39 Å². The molecule has 94 valence electrons. The molecule has 1 aromatic rings. The second-order valence-corrected chi connectivity index (χ2v) is 5.81. The van der Waals surface area contributed by atoms with Crippen molar-refractivity contribution >= 4 is 11.8 Å². The molecule has 1 unspecified atom stereocenters. The molecule has 0 heterocycles. The monoisotopic (exact) mass is 254 g/mol. The van der Waals surface area contributed by atoms with Gasteiger partial charge >= 0.3 is 0 Å². The van der Waals surface area contributed by atoms with E-state index in [4.69, 9.17) is 5.84 Å². The molecule has 4 heteroatoms. The van der Waals surface area contributed by atoms with Crippen molar-refractivity contribution in [2.45, 2.75) is 37.0 Å². The summed E-state index contributed by atoms with van der Waals surface area (Å²) >= 11 is 1.91. The summed E-state index contributed by atoms with van der Waals surface area (Å²) < 4.78 is 13.6. The molecule has 1 fully saturated rings. The standard InChI is InChI=1S/C13H19FN2S/c14-12-8-4-3-7-11(12)13(16-15)9-17-10-5-1-2-6-10/h3-4,7-8,10,13,16H,1-2,5-6,9,15H2. The maximum Gasteiger partial charge on any atom is 0.128 e. The van der Waals surface area contributed by atoms with Crippen LogP contribution in [0.4, 0.5) is 4.39 Å². The Kier molecular flexibility index (Phi) is 4.83. The average molecular weight is 254 g/mol. The Morgan fingerprint density at radius 2 is 2.06 bits per heavy atom. The fourth-order valence-electron chi connectivity index (χ4n) is 2.27. The van der Waals surface area contributed by atoms with Crippen molar-refractivity contribution in [1.82, 2.24) is 5.43 Å². The van der Waals surface area contributed by atoms with Gasteiger partial charge in [-0.15, -0.1) is 0 Å². The molecule has 0 spiro atoms. The topological polar surface area (TPSA) is 38.0 Å². The first-order valence-electron chi connectivity index (χ1n) is 6.13. The van der Waals surface area contributed by atoms with Gasteiger partial charge in [-0.05, 0) is 18.9 Å². The molecule has 2 rings (SSSR count). The minimum atomic E-state index is -0.178. The number of hydrogen-bond donors (Lipinski definition) is 2. The summed E-state index contributed by atoms with van der Waals surface area (Å²) in [6.45, 7) is 0. The predicted octanol–water partition coefficient (Wildman–Crippen LogP) is 3.01. The smallest absolute Gasteiger partial charge is 0.128 e. The van der Waals surface area contributed by atoms with Crippen LogP contribution < -0.4 is 11.3 Å². The third-order valence-corrected chi connectivity index (χ3v) is 4.75. The van der Waals surface area contributed by atoms with Gasteiger partial charge in [-0.1, -0.05) is 31.0 Å². The molecule has 0 saturated heterocycles. The normalized spacial score (nSPS) is 18.5. The Morgan fingerprint density at radius 3 is 2.71 bits per heavy atom. The maximum absolute atomic E-state index is 13.6. The summed E-state index contributed by atoms with van der Waals surface area (Å²) in [6, 6.07) is 6.75. The van der Waals surface area contributed by atoms with Crippen molar-refractivity contribution in [3.63, 3.8) is 0 Å². The van der Waals surface area contributed by atoms with Gasteiger partial charge in [0.05, 0.1) is 6.04 Å². The van der Waals surface area contributed by atoms with E-state index in [1.807, 2.05) is 17.8 Å². The fourth-order valence-corrected chi connectivity index (χ4v) is 3.68. The highest BCUT2D eigenvalue weighted by Gasteiger charge is 2.19. The first-order chi connectivity index (χ1) is 8.31. The Hall–Kier alpha value is -0.580. The molecular weight excluding hydrogens is 235 g/mol. The van der Waals surface area contributed by atoms with Crippen LogP contribution in [0.25, 0.3) is 0 Å². The molecular formula is C13H19FN2S. The van der Waals surface area contributed by atoms with E-state index in [0.29, 0.717) is 5.56 Å². The van der Waals surface area contributed by atoms with Crippen LogP contribution >= 0.6 is 11.8 Å². The van der Waals surface area contributed by atoms with Crippen molar-refractivity contribution in [2.75, 3.05) is 5.75 Å². The van der Waals surface area contributed by atoms with Crippen LogP contribution in [0.1, 0.15) is 37.3 Å². The lowest BCUT2D eigenvalue weighted by molar-refractivity contribution is 0.546. The van der Waals surface area contributed by atoms with Gasteiger partial charge in [0, 0.05) is 16.6 Å². The van der Waals surface area contributed by atoms with E-state index in [0.717, 1.165) is 11.0 Å². The summed E-state index contributed by atoms with van der Waals surface area (Å²) in [4.78, 5) is 0. The molecule has 0 radical (unpaired) electrons. The highest BCUT2D eigenvalue weighted by atomic mass is 32.2. The van der Waals surface area contributed by atoms with Crippen molar-refractivity contribution in [3.8, 4) is 0 Å². The van der Waals surface area contributed by atoms with E-state index < -0.39 is 0 Å². The number of rotatable bonds is 5. The Bertz CT molecular complexity index is 353. The lowest BCUT2D eigenvalue weighted by Crippen LogP contribution is -2.30. The number of nitrogens with one attached hydrogen (secondary N) is 1. The SMILES string of the molecule is NNC(CSC1CCCC1)c1ccccc1F. The number of benzene rings is 1. The molecule has 1 atom stereocenters. The third kappa shape index (κ3) is 3.44. The molecule has 0 amide bonds. The van der Waals surface area contributed by atoms with Gasteiger partial charge in [0.2, 0.25) is 0 Å². The molecule has 3 N–H and O–H groups in total. The Morgan fingerprint density at radius 1 is 1.35 bits per heavy atom. The summed E-state index contributed by atoms with van der Waals surface area (Å²) in [7, 11) is 0. The van der Waals surface area contributed by atoms with Gasteiger partial charge in [0.15, 0.2) is 0 Å². The van der Waals surface area contributed by atoms with Crippen LogP contribution in [0.5, 0.6) is 0 Å². The van der Waals surface area contributed by atoms with Crippen molar-refractivity contribution in [2.24, 2.45) is 5.84 Å². The lowest BCUT2D eigenvalue weighted by Gasteiger charge is -2.18. The second-order valence-electron chi connectivity index (χ2n) is 4.48. The Balaban J connectivity index is 1.94. The maximum atomic E-state index is 13.6. The number of thioether (sulfide) groups is 1. The van der Waals surface area contributed by atoms with Crippen LogP contribution in [0.3, 0.4) is 0 Å². The van der Waals surface area contributed by atoms with E-state index >= 15 is 0 Å². The molecule has 1 aliphatic carbocycles. The van der Waals surface area contributed by atoms with Crippen LogP contribution in [-0.2, 0) is 0 Å². The number of nitrogens with two attached hydrogens (primary N) is 1. The van der Waals surface area contributed by atoms with E-state index in [-0.39, 0.29) is 11.9 Å². The summed E-state index contributed by atoms with van der Waals surface area (Å²) in [5, 5.41) is 0.734. The largest absolute Gasteiger partial charge is 0.271 e. The second kappa shape index (κ2) is 6.38. The molecule has 1 aromatic carbocycles. The quantitative estimate of drug-likeness (QED) is 0.626. The number of hydrogen-bond acceptors (Lipinski definition) is 3. The molecule has 0 bridgehead atoms. The number of hydrazine groups is 1. The molecule has 2 nitrogen and oxygen atoms in total. The van der Waals surface area contributed by atoms with E-state index in [1.54, 1.807) is 12.1 Å². The van der Waals surface area contributed by atoms with Crippen LogP contribution in [0.2, 0.25) is 0 Å². The predicted molar refractivity (Wildman–Crippen MR) is 71.2 cm³/mol. The highest BCUT2D eigenvalue weighted by molar-refractivity contribution is 7.99. The van der Waals surface area contributed by atoms with Crippen LogP contribution in [0, 0.1) is 5.82 Å². The molecule has 17 heavy (non-hydrogen) atoms. The third-order valence-electron chi connectivity index (χ3n) is 3.28. The highest BCUT2D eigenvalue weighted by Crippen LogP contribution is 2.32. The van der Waals surface area contributed by atoms with Crippen molar-refractivity contribution in [3.05, 3.63) is 35.6 Å². The van der Waals surface area contributed by atoms with Gasteiger partial charge in [-0.2, -0.15) is 11.8 Å². The van der Waals surface area contributed by atoms with E-state index in [9.17, 15) is 4.39 Å². The first kappa shape index (κ1) is 12.9. The zero-order valence-corrected chi connectivity index (χ0v) is 10.7. The summed E-state index contributed by atoms with van der Waals surface area (Å²) in [6.07, 6.45) is 5.24. The van der Waals surface area contributed by atoms with E-state index in [2.05, 4.69) is 5.43 Å². The number of halogens is 1.